The van der Waals surface area contributed by atoms with Gasteiger partial charge in [0, 0.05) is 30.6 Å². The molecular weight excluding hydrogens is 475 g/mol. The molecule has 6 nitrogen and oxygen atoms in total. The Kier molecular flexibility index (Phi) is 8.33. The van der Waals surface area contributed by atoms with E-state index in [-0.39, 0.29) is 5.56 Å². The van der Waals surface area contributed by atoms with Crippen LogP contribution in [0, 0.1) is 0 Å². The van der Waals surface area contributed by atoms with E-state index in [0.29, 0.717) is 11.7 Å². The topological polar surface area (TPSA) is 66.8 Å². The number of hydrogen-bond donors (Lipinski definition) is 1. The maximum absolute atomic E-state index is 12.9. The minimum atomic E-state index is -4.29. The van der Waals surface area contributed by atoms with Crippen LogP contribution >= 0.6 is 11.8 Å². The molecule has 2 aromatic heterocycles. The minimum absolute atomic E-state index is 0.173. The highest BCUT2D eigenvalue weighted by atomic mass is 32.2. The number of nitrogens with zero attached hydrogens (tertiary/aromatic N) is 4. The Balaban J connectivity index is 1.26. The highest BCUT2D eigenvalue weighted by molar-refractivity contribution is 7.99. The van der Waals surface area contributed by atoms with Crippen molar-refractivity contribution >= 4 is 11.8 Å². The van der Waals surface area contributed by atoms with Gasteiger partial charge in [0.25, 0.3) is 0 Å². The fourth-order valence-corrected chi connectivity index (χ4v) is 5.38. The molecule has 0 bridgehead atoms. The van der Waals surface area contributed by atoms with Crippen molar-refractivity contribution in [1.29, 1.82) is 0 Å². The normalized spacial score (nSPS) is 17.8. The number of aromatic nitrogens is 4. The average molecular weight is 506 g/mol. The lowest BCUT2D eigenvalue weighted by Gasteiger charge is -2.28. The van der Waals surface area contributed by atoms with E-state index in [4.69, 9.17) is 0 Å². The molecule has 35 heavy (non-hydrogen) atoms. The SMILES string of the molecule is Cn1c(SCCCN2CCCCC(c3ccc(C(F)(F)F)cc3)CC2)nnc1-c1cc[nH]c(=O)c1. The van der Waals surface area contributed by atoms with E-state index in [1.54, 1.807) is 36.2 Å². The van der Waals surface area contributed by atoms with E-state index < -0.39 is 11.7 Å². The van der Waals surface area contributed by atoms with Crippen LogP contribution in [0.4, 0.5) is 13.2 Å². The van der Waals surface area contributed by atoms with Gasteiger partial charge in [0.1, 0.15) is 0 Å². The summed E-state index contributed by atoms with van der Waals surface area (Å²) >= 11 is 1.65. The van der Waals surface area contributed by atoms with Gasteiger partial charge < -0.3 is 14.5 Å². The Bertz CT molecular complexity index is 1160. The second-order valence-electron chi connectivity index (χ2n) is 8.95. The van der Waals surface area contributed by atoms with Crippen molar-refractivity contribution in [2.75, 3.05) is 25.4 Å². The van der Waals surface area contributed by atoms with Gasteiger partial charge in [-0.15, -0.1) is 10.2 Å². The summed E-state index contributed by atoms with van der Waals surface area (Å²) in [4.78, 5) is 16.6. The lowest BCUT2D eigenvalue weighted by Crippen LogP contribution is -2.30. The Morgan fingerprint density at radius 1 is 1.09 bits per heavy atom. The summed E-state index contributed by atoms with van der Waals surface area (Å²) in [7, 11) is 1.90. The number of H-pyrrole nitrogens is 1. The van der Waals surface area contributed by atoms with Gasteiger partial charge in [-0.25, -0.2) is 0 Å². The smallest absolute Gasteiger partial charge is 0.329 e. The van der Waals surface area contributed by atoms with Crippen molar-refractivity contribution in [2.24, 2.45) is 7.05 Å². The number of likely N-dealkylation sites (tertiary alicyclic amines) is 1. The van der Waals surface area contributed by atoms with Crippen LogP contribution in [-0.4, -0.2) is 50.0 Å². The van der Waals surface area contributed by atoms with Crippen LogP contribution in [-0.2, 0) is 13.2 Å². The molecule has 1 atom stereocenters. The van der Waals surface area contributed by atoms with Gasteiger partial charge in [-0.05, 0) is 75.0 Å². The molecule has 3 heterocycles. The molecule has 1 aliphatic heterocycles. The van der Waals surface area contributed by atoms with E-state index in [1.807, 2.05) is 11.6 Å². The molecule has 10 heteroatoms. The Labute approximate surface area is 207 Å². The summed E-state index contributed by atoms with van der Waals surface area (Å²) in [5, 5.41) is 9.33. The number of pyridine rings is 1. The van der Waals surface area contributed by atoms with E-state index >= 15 is 0 Å². The van der Waals surface area contributed by atoms with Crippen LogP contribution in [0.15, 0.2) is 52.5 Å². The first-order valence-electron chi connectivity index (χ1n) is 11.9. The molecule has 1 unspecified atom stereocenters. The van der Waals surface area contributed by atoms with Crippen LogP contribution in [0.5, 0.6) is 0 Å². The number of thioether (sulfide) groups is 1. The molecule has 1 N–H and O–H groups in total. The number of hydrogen-bond acceptors (Lipinski definition) is 5. The predicted octanol–water partition coefficient (Wildman–Crippen LogP) is 5.33. The number of benzene rings is 1. The molecule has 1 fully saturated rings. The van der Waals surface area contributed by atoms with Gasteiger partial charge in [0.05, 0.1) is 5.56 Å². The van der Waals surface area contributed by atoms with Gasteiger partial charge in [-0.3, -0.25) is 4.79 Å². The Morgan fingerprint density at radius 2 is 1.89 bits per heavy atom. The summed E-state index contributed by atoms with van der Waals surface area (Å²) in [6.07, 6.45) is 2.49. The third-order valence-corrected chi connectivity index (χ3v) is 7.60. The van der Waals surface area contributed by atoms with Crippen LogP contribution in [0.3, 0.4) is 0 Å². The zero-order chi connectivity index (χ0) is 24.8. The number of halogens is 3. The highest BCUT2D eigenvalue weighted by Gasteiger charge is 2.30. The lowest BCUT2D eigenvalue weighted by molar-refractivity contribution is -0.137. The van der Waals surface area contributed by atoms with E-state index in [2.05, 4.69) is 20.1 Å². The maximum Gasteiger partial charge on any atom is 0.416 e. The molecule has 1 aromatic carbocycles. The number of nitrogens with one attached hydrogen (secondary N) is 1. The highest BCUT2D eigenvalue weighted by Crippen LogP contribution is 2.33. The van der Waals surface area contributed by atoms with Crippen LogP contribution in [0.25, 0.3) is 11.4 Å². The average Bonchev–Trinajstić information content (AvgIpc) is 3.18. The van der Waals surface area contributed by atoms with E-state index in [1.165, 1.54) is 18.2 Å². The summed E-state index contributed by atoms with van der Waals surface area (Å²) in [6, 6.07) is 9.03. The first-order valence-corrected chi connectivity index (χ1v) is 12.9. The molecule has 3 aromatic rings. The van der Waals surface area contributed by atoms with Gasteiger partial charge in [-0.1, -0.05) is 30.3 Å². The van der Waals surface area contributed by atoms with Gasteiger partial charge >= 0.3 is 6.18 Å². The van der Waals surface area contributed by atoms with E-state index in [0.717, 1.165) is 73.8 Å². The Morgan fingerprint density at radius 3 is 2.63 bits per heavy atom. The van der Waals surface area contributed by atoms with Gasteiger partial charge in [-0.2, -0.15) is 13.2 Å². The summed E-state index contributed by atoms with van der Waals surface area (Å²) in [5.41, 5.74) is 0.986. The van der Waals surface area contributed by atoms with Crippen LogP contribution in [0.1, 0.15) is 49.1 Å². The zero-order valence-corrected chi connectivity index (χ0v) is 20.5. The molecule has 1 aliphatic rings. The number of rotatable bonds is 7. The zero-order valence-electron chi connectivity index (χ0n) is 19.7. The first kappa shape index (κ1) is 25.5. The third-order valence-electron chi connectivity index (χ3n) is 6.50. The molecular formula is C25H30F3N5OS. The molecule has 0 saturated carbocycles. The van der Waals surface area contributed by atoms with E-state index in [9.17, 15) is 18.0 Å². The molecule has 1 saturated heterocycles. The van der Waals surface area contributed by atoms with Crippen LogP contribution in [0.2, 0.25) is 0 Å². The molecule has 0 radical (unpaired) electrons. The molecule has 188 valence electrons. The first-order chi connectivity index (χ1) is 16.8. The van der Waals surface area contributed by atoms with Crippen molar-refractivity contribution in [3.8, 4) is 11.4 Å². The monoisotopic (exact) mass is 505 g/mol. The second kappa shape index (κ2) is 11.4. The maximum atomic E-state index is 12.9. The summed E-state index contributed by atoms with van der Waals surface area (Å²) in [6.45, 7) is 2.99. The van der Waals surface area contributed by atoms with Crippen molar-refractivity contribution in [3.63, 3.8) is 0 Å². The predicted molar refractivity (Wildman–Crippen MR) is 131 cm³/mol. The molecule has 4 rings (SSSR count). The fourth-order valence-electron chi connectivity index (χ4n) is 4.55. The van der Waals surface area contributed by atoms with Gasteiger partial charge in [0.2, 0.25) is 5.56 Å². The van der Waals surface area contributed by atoms with Crippen molar-refractivity contribution in [3.05, 3.63) is 64.1 Å². The van der Waals surface area contributed by atoms with Crippen molar-refractivity contribution < 1.29 is 13.2 Å². The number of alkyl halides is 3. The summed E-state index contributed by atoms with van der Waals surface area (Å²) < 4.78 is 40.5. The second-order valence-corrected chi connectivity index (χ2v) is 10.0. The van der Waals surface area contributed by atoms with Gasteiger partial charge in [0.15, 0.2) is 11.0 Å². The minimum Gasteiger partial charge on any atom is -0.329 e. The fraction of sp³-hybridized carbons (Fsp3) is 0.480. The molecule has 0 amide bonds. The van der Waals surface area contributed by atoms with Crippen molar-refractivity contribution in [2.45, 2.75) is 49.4 Å². The Hall–Kier alpha value is -2.59. The summed E-state index contributed by atoms with van der Waals surface area (Å²) in [5.74, 6) is 1.87. The van der Waals surface area contributed by atoms with Crippen molar-refractivity contribution in [1.82, 2.24) is 24.6 Å². The quantitative estimate of drug-likeness (QED) is 0.347. The number of aromatic amines is 1. The third kappa shape index (κ3) is 6.76. The standard InChI is InChI=1S/C25H30F3N5OS/c1-32-23(20-10-12-29-22(34)17-20)30-31-24(32)35-16-4-14-33-13-3-2-5-18(11-15-33)19-6-8-21(9-7-19)25(26,27)28/h6-10,12,17-18H,2-5,11,13-16H2,1H3,(H,29,34). The lowest BCUT2D eigenvalue weighted by atomic mass is 9.88. The largest absolute Gasteiger partial charge is 0.416 e. The molecule has 0 spiro atoms. The van der Waals surface area contributed by atoms with Crippen LogP contribution < -0.4 is 5.56 Å². The molecule has 0 aliphatic carbocycles.